The van der Waals surface area contributed by atoms with E-state index in [4.69, 9.17) is 0 Å². The fourth-order valence-corrected chi connectivity index (χ4v) is 2.78. The van der Waals surface area contributed by atoms with Crippen molar-refractivity contribution in [2.24, 2.45) is 4.99 Å². The Morgan fingerprint density at radius 2 is 2.14 bits per heavy atom. The summed E-state index contributed by atoms with van der Waals surface area (Å²) in [5.74, 6) is -0.420. The predicted octanol–water partition coefficient (Wildman–Crippen LogP) is 3.50. The molecule has 0 aliphatic rings. The van der Waals surface area contributed by atoms with E-state index in [2.05, 4.69) is 28.6 Å². The van der Waals surface area contributed by atoms with Crippen molar-refractivity contribution in [1.29, 1.82) is 0 Å². The molecule has 2 N–H and O–H groups in total. The molecule has 22 heavy (non-hydrogen) atoms. The van der Waals surface area contributed by atoms with Crippen LogP contribution in [-0.2, 0) is 6.42 Å². The van der Waals surface area contributed by atoms with Gasteiger partial charge in [-0.1, -0.05) is 12.1 Å². The maximum atomic E-state index is 13.5. The number of nitrogens with one attached hydrogen (secondary N) is 2. The summed E-state index contributed by atoms with van der Waals surface area (Å²) in [4.78, 5) is 5.37. The van der Waals surface area contributed by atoms with Crippen molar-refractivity contribution in [1.82, 2.24) is 10.6 Å². The Balaban J connectivity index is 1.84. The van der Waals surface area contributed by atoms with Gasteiger partial charge in [0.25, 0.3) is 0 Å². The average Bonchev–Trinajstić information content (AvgIpc) is 3.02. The molecule has 2 aromatic rings. The lowest BCUT2D eigenvalue weighted by atomic mass is 10.1. The molecule has 0 amide bonds. The van der Waals surface area contributed by atoms with Gasteiger partial charge in [0.1, 0.15) is 11.6 Å². The van der Waals surface area contributed by atoms with E-state index in [0.717, 1.165) is 6.07 Å². The molecule has 1 aromatic carbocycles. The van der Waals surface area contributed by atoms with Crippen molar-refractivity contribution in [2.45, 2.75) is 19.4 Å². The van der Waals surface area contributed by atoms with Gasteiger partial charge in [-0.25, -0.2) is 8.78 Å². The van der Waals surface area contributed by atoms with E-state index in [1.807, 2.05) is 11.4 Å². The SMILES string of the molecule is CN=C(NCCc1ccc(F)cc1F)NC(C)c1cccs1. The first kappa shape index (κ1) is 16.4. The van der Waals surface area contributed by atoms with E-state index in [1.54, 1.807) is 18.4 Å². The molecule has 2 rings (SSSR count). The summed E-state index contributed by atoms with van der Waals surface area (Å²) in [6, 6.07) is 7.85. The van der Waals surface area contributed by atoms with E-state index < -0.39 is 11.6 Å². The van der Waals surface area contributed by atoms with E-state index in [1.165, 1.54) is 17.0 Å². The van der Waals surface area contributed by atoms with Gasteiger partial charge in [0.15, 0.2) is 5.96 Å². The first-order chi connectivity index (χ1) is 10.6. The number of benzene rings is 1. The molecule has 0 spiro atoms. The van der Waals surface area contributed by atoms with E-state index >= 15 is 0 Å². The van der Waals surface area contributed by atoms with Crippen molar-refractivity contribution >= 4 is 17.3 Å². The maximum Gasteiger partial charge on any atom is 0.191 e. The van der Waals surface area contributed by atoms with Gasteiger partial charge in [-0.3, -0.25) is 4.99 Å². The lowest BCUT2D eigenvalue weighted by molar-refractivity contribution is 0.570. The van der Waals surface area contributed by atoms with E-state index in [9.17, 15) is 8.78 Å². The Bertz CT molecular complexity index is 626. The van der Waals surface area contributed by atoms with Crippen molar-refractivity contribution in [3.8, 4) is 0 Å². The fraction of sp³-hybridized carbons (Fsp3) is 0.312. The molecule has 0 saturated heterocycles. The molecule has 0 radical (unpaired) electrons. The van der Waals surface area contributed by atoms with Crippen LogP contribution in [0.5, 0.6) is 0 Å². The zero-order valence-corrected chi connectivity index (χ0v) is 13.4. The number of hydrogen-bond donors (Lipinski definition) is 2. The molecule has 1 atom stereocenters. The normalized spacial score (nSPS) is 13.0. The standard InChI is InChI=1S/C16H19F2N3S/c1-11(15-4-3-9-22-15)21-16(19-2)20-8-7-12-5-6-13(17)10-14(12)18/h3-6,9-11H,7-8H2,1-2H3,(H2,19,20,21). The quantitative estimate of drug-likeness (QED) is 0.653. The third-order valence-corrected chi connectivity index (χ3v) is 4.30. The molecule has 0 saturated carbocycles. The summed E-state index contributed by atoms with van der Waals surface area (Å²) in [5, 5.41) is 8.44. The van der Waals surface area contributed by atoms with Crippen LogP contribution in [-0.4, -0.2) is 19.6 Å². The molecule has 1 heterocycles. The second-order valence-electron chi connectivity index (χ2n) is 4.87. The number of thiophene rings is 1. The molecule has 0 aliphatic heterocycles. The van der Waals surface area contributed by atoms with Crippen LogP contribution in [0.15, 0.2) is 40.7 Å². The zero-order valence-electron chi connectivity index (χ0n) is 12.6. The van der Waals surface area contributed by atoms with Crippen LogP contribution in [0.25, 0.3) is 0 Å². The topological polar surface area (TPSA) is 36.4 Å². The highest BCUT2D eigenvalue weighted by atomic mass is 32.1. The molecule has 1 aromatic heterocycles. The van der Waals surface area contributed by atoms with Gasteiger partial charge in [0, 0.05) is 24.5 Å². The molecule has 3 nitrogen and oxygen atoms in total. The molecular formula is C16H19F2N3S. The van der Waals surface area contributed by atoms with Gasteiger partial charge >= 0.3 is 0 Å². The summed E-state index contributed by atoms with van der Waals surface area (Å²) < 4.78 is 26.4. The third-order valence-electron chi connectivity index (χ3n) is 3.25. The number of guanidine groups is 1. The molecule has 118 valence electrons. The summed E-state index contributed by atoms with van der Waals surface area (Å²) in [5.41, 5.74) is 0.482. The second-order valence-corrected chi connectivity index (χ2v) is 5.85. The molecule has 6 heteroatoms. The van der Waals surface area contributed by atoms with Crippen LogP contribution in [0.4, 0.5) is 8.78 Å². The minimum Gasteiger partial charge on any atom is -0.356 e. The predicted molar refractivity (Wildman–Crippen MR) is 87.3 cm³/mol. The summed E-state index contributed by atoms with van der Waals surface area (Å²) in [6.07, 6.45) is 0.459. The lowest BCUT2D eigenvalue weighted by Gasteiger charge is -2.17. The van der Waals surface area contributed by atoms with Gasteiger partial charge in [-0.2, -0.15) is 0 Å². The number of halogens is 2. The largest absolute Gasteiger partial charge is 0.356 e. The van der Waals surface area contributed by atoms with Crippen LogP contribution in [0.1, 0.15) is 23.4 Å². The highest BCUT2D eigenvalue weighted by Crippen LogP contribution is 2.17. The van der Waals surface area contributed by atoms with Gasteiger partial charge in [0.05, 0.1) is 6.04 Å². The molecule has 0 fully saturated rings. The Morgan fingerprint density at radius 3 is 2.77 bits per heavy atom. The van der Waals surface area contributed by atoms with Crippen molar-refractivity contribution in [3.63, 3.8) is 0 Å². The molecule has 0 bridgehead atoms. The van der Waals surface area contributed by atoms with Crippen LogP contribution < -0.4 is 10.6 Å². The number of aliphatic imine (C=N–C) groups is 1. The summed E-state index contributed by atoms with van der Waals surface area (Å²) in [6.45, 7) is 2.57. The van der Waals surface area contributed by atoms with Gasteiger partial charge in [-0.15, -0.1) is 11.3 Å². The number of rotatable bonds is 5. The highest BCUT2D eigenvalue weighted by Gasteiger charge is 2.09. The molecule has 1 unspecified atom stereocenters. The lowest BCUT2D eigenvalue weighted by Crippen LogP contribution is -2.39. The molecular weight excluding hydrogens is 304 g/mol. The Morgan fingerprint density at radius 1 is 1.32 bits per heavy atom. The Hall–Kier alpha value is -1.95. The Labute approximate surface area is 133 Å². The monoisotopic (exact) mass is 323 g/mol. The minimum atomic E-state index is -0.559. The fourth-order valence-electron chi connectivity index (χ4n) is 2.05. The zero-order chi connectivity index (χ0) is 15.9. The highest BCUT2D eigenvalue weighted by molar-refractivity contribution is 7.10. The minimum absolute atomic E-state index is 0.147. The van der Waals surface area contributed by atoms with E-state index in [-0.39, 0.29) is 6.04 Å². The van der Waals surface area contributed by atoms with Crippen molar-refractivity contribution in [2.75, 3.05) is 13.6 Å². The van der Waals surface area contributed by atoms with Crippen molar-refractivity contribution < 1.29 is 8.78 Å². The first-order valence-corrected chi connectivity index (χ1v) is 7.92. The molecule has 0 aliphatic carbocycles. The van der Waals surface area contributed by atoms with Gasteiger partial charge in [-0.05, 0) is 36.4 Å². The third kappa shape index (κ3) is 4.53. The first-order valence-electron chi connectivity index (χ1n) is 7.04. The van der Waals surface area contributed by atoms with Crippen LogP contribution in [0.3, 0.4) is 0 Å². The number of hydrogen-bond acceptors (Lipinski definition) is 2. The van der Waals surface area contributed by atoms with Crippen LogP contribution in [0, 0.1) is 11.6 Å². The van der Waals surface area contributed by atoms with Gasteiger partial charge in [0.2, 0.25) is 0 Å². The van der Waals surface area contributed by atoms with Crippen molar-refractivity contribution in [3.05, 3.63) is 57.8 Å². The second kappa shape index (κ2) is 7.89. The van der Waals surface area contributed by atoms with E-state index in [0.29, 0.717) is 24.5 Å². The Kier molecular flexibility index (Phi) is 5.89. The smallest absolute Gasteiger partial charge is 0.191 e. The summed E-state index contributed by atoms with van der Waals surface area (Å²) >= 11 is 1.68. The summed E-state index contributed by atoms with van der Waals surface area (Å²) in [7, 11) is 1.69. The van der Waals surface area contributed by atoms with Crippen LogP contribution in [0.2, 0.25) is 0 Å². The number of nitrogens with zero attached hydrogens (tertiary/aromatic N) is 1. The average molecular weight is 323 g/mol. The maximum absolute atomic E-state index is 13.5. The van der Waals surface area contributed by atoms with Gasteiger partial charge < -0.3 is 10.6 Å². The van der Waals surface area contributed by atoms with Crippen LogP contribution >= 0.6 is 11.3 Å².